The minimum Gasteiger partial charge on any atom is -0.456 e. The Labute approximate surface area is 101 Å². The van der Waals surface area contributed by atoms with E-state index in [1.54, 1.807) is 6.92 Å². The third-order valence-corrected chi connectivity index (χ3v) is 1.86. The summed E-state index contributed by atoms with van der Waals surface area (Å²) in [7, 11) is 0. The van der Waals surface area contributed by atoms with Crippen LogP contribution in [0.25, 0.3) is 0 Å². The monoisotopic (exact) mass is 260 g/mol. The van der Waals surface area contributed by atoms with Gasteiger partial charge in [-0.1, -0.05) is 5.92 Å². The first-order valence-corrected chi connectivity index (χ1v) is 4.90. The zero-order chi connectivity index (χ0) is 13.8. The molecule has 96 valence electrons. The lowest BCUT2D eigenvalue weighted by Gasteiger charge is -2.07. The van der Waals surface area contributed by atoms with Crippen molar-refractivity contribution in [2.45, 2.75) is 13.1 Å². The second-order valence-corrected chi connectivity index (χ2v) is 3.16. The zero-order valence-electron chi connectivity index (χ0n) is 9.27. The van der Waals surface area contributed by atoms with Crippen LogP contribution in [0.15, 0.2) is 18.2 Å². The van der Waals surface area contributed by atoms with E-state index in [1.807, 2.05) is 5.92 Å². The Balaban J connectivity index is 2.95. The van der Waals surface area contributed by atoms with E-state index < -0.39 is 23.5 Å². The van der Waals surface area contributed by atoms with Gasteiger partial charge in [-0.05, 0) is 25.1 Å². The Bertz CT molecular complexity index is 509. The second kappa shape index (κ2) is 5.54. The van der Waals surface area contributed by atoms with Crippen molar-refractivity contribution in [2.24, 2.45) is 0 Å². The van der Waals surface area contributed by atoms with Crippen molar-refractivity contribution in [2.75, 3.05) is 6.61 Å². The smallest absolute Gasteiger partial charge is 0.419 e. The molecule has 18 heavy (non-hydrogen) atoms. The van der Waals surface area contributed by atoms with Gasteiger partial charge in [-0.2, -0.15) is 13.2 Å². The number of halogens is 4. The zero-order valence-corrected chi connectivity index (χ0v) is 9.27. The topological polar surface area (TPSA) is 26.3 Å². The number of alkyl halides is 3. The molecule has 6 heteroatoms. The highest BCUT2D eigenvalue weighted by atomic mass is 19.4. The van der Waals surface area contributed by atoms with Gasteiger partial charge in [0.15, 0.2) is 0 Å². The standard InChI is InChI=1S/C12H8F4O2/c1-2-18-11(17)6-4-8-3-5-9(10(13)7-8)12(14,15)16/h3,5,7H,2H2,1H3. The highest BCUT2D eigenvalue weighted by Crippen LogP contribution is 2.31. The minimum atomic E-state index is -4.75. The Kier molecular flexibility index (Phi) is 4.32. The van der Waals surface area contributed by atoms with Gasteiger partial charge in [0.25, 0.3) is 0 Å². The fourth-order valence-electron chi connectivity index (χ4n) is 1.11. The largest absolute Gasteiger partial charge is 0.456 e. The Morgan fingerprint density at radius 3 is 2.56 bits per heavy atom. The summed E-state index contributed by atoms with van der Waals surface area (Å²) in [4.78, 5) is 10.9. The molecule has 0 amide bonds. The molecule has 0 aromatic heterocycles. The van der Waals surface area contributed by atoms with Gasteiger partial charge in [0.05, 0.1) is 12.2 Å². The first-order valence-electron chi connectivity index (χ1n) is 4.90. The van der Waals surface area contributed by atoms with Crippen molar-refractivity contribution in [1.29, 1.82) is 0 Å². The summed E-state index contributed by atoms with van der Waals surface area (Å²) < 4.78 is 54.3. The van der Waals surface area contributed by atoms with Gasteiger partial charge in [0.1, 0.15) is 5.82 Å². The lowest BCUT2D eigenvalue weighted by atomic mass is 10.1. The van der Waals surface area contributed by atoms with Crippen LogP contribution in [0, 0.1) is 17.7 Å². The first kappa shape index (κ1) is 14.0. The molecule has 0 aliphatic heterocycles. The molecular formula is C12H8F4O2. The van der Waals surface area contributed by atoms with Crippen LogP contribution in [-0.4, -0.2) is 12.6 Å². The van der Waals surface area contributed by atoms with Crippen LogP contribution in [0.2, 0.25) is 0 Å². The minimum absolute atomic E-state index is 0.0337. The van der Waals surface area contributed by atoms with E-state index >= 15 is 0 Å². The molecule has 1 rings (SSSR count). The maximum absolute atomic E-state index is 13.1. The Morgan fingerprint density at radius 2 is 2.06 bits per heavy atom. The van der Waals surface area contributed by atoms with Gasteiger partial charge >= 0.3 is 12.1 Å². The molecule has 0 aliphatic carbocycles. The third kappa shape index (κ3) is 3.77. The van der Waals surface area contributed by atoms with Gasteiger partial charge < -0.3 is 4.74 Å². The van der Waals surface area contributed by atoms with Crippen LogP contribution < -0.4 is 0 Å². The number of rotatable bonds is 1. The summed E-state index contributed by atoms with van der Waals surface area (Å²) in [5.41, 5.74) is -1.40. The van der Waals surface area contributed by atoms with Gasteiger partial charge in [-0.15, -0.1) is 0 Å². The Morgan fingerprint density at radius 1 is 1.39 bits per heavy atom. The predicted molar refractivity (Wildman–Crippen MR) is 54.9 cm³/mol. The summed E-state index contributed by atoms with van der Waals surface area (Å²) in [6, 6.07) is 2.18. The summed E-state index contributed by atoms with van der Waals surface area (Å²) >= 11 is 0. The molecule has 0 spiro atoms. The molecule has 0 saturated heterocycles. The van der Waals surface area contributed by atoms with Crippen LogP contribution in [-0.2, 0) is 15.7 Å². The quantitative estimate of drug-likeness (QED) is 0.441. The summed E-state index contributed by atoms with van der Waals surface area (Å²) in [6.45, 7) is 1.71. The van der Waals surface area contributed by atoms with E-state index in [0.29, 0.717) is 12.1 Å². The van der Waals surface area contributed by atoms with Crippen molar-refractivity contribution in [1.82, 2.24) is 0 Å². The summed E-state index contributed by atoms with van der Waals surface area (Å²) in [5, 5.41) is 0. The van der Waals surface area contributed by atoms with Crippen molar-refractivity contribution in [3.8, 4) is 11.8 Å². The summed E-state index contributed by atoms with van der Waals surface area (Å²) in [5.74, 6) is 1.99. The van der Waals surface area contributed by atoms with Crippen molar-refractivity contribution in [3.63, 3.8) is 0 Å². The molecule has 0 radical (unpaired) electrons. The van der Waals surface area contributed by atoms with Crippen molar-refractivity contribution in [3.05, 3.63) is 35.1 Å². The predicted octanol–water partition coefficient (Wildman–Crippen LogP) is 2.76. The number of carbonyl (C=O) groups is 1. The maximum atomic E-state index is 13.1. The van der Waals surface area contributed by atoms with Crippen LogP contribution in [0.5, 0.6) is 0 Å². The van der Waals surface area contributed by atoms with E-state index in [2.05, 4.69) is 10.7 Å². The average molecular weight is 260 g/mol. The molecule has 0 N–H and O–H groups in total. The van der Waals surface area contributed by atoms with Crippen LogP contribution in [0.4, 0.5) is 17.6 Å². The highest BCUT2D eigenvalue weighted by molar-refractivity contribution is 5.89. The second-order valence-electron chi connectivity index (χ2n) is 3.16. The van der Waals surface area contributed by atoms with E-state index in [4.69, 9.17) is 0 Å². The lowest BCUT2D eigenvalue weighted by molar-refractivity contribution is -0.140. The number of benzene rings is 1. The van der Waals surface area contributed by atoms with Gasteiger partial charge in [-0.3, -0.25) is 0 Å². The van der Waals surface area contributed by atoms with Crippen molar-refractivity contribution < 1.29 is 27.1 Å². The number of hydrogen-bond donors (Lipinski definition) is 0. The van der Waals surface area contributed by atoms with Gasteiger partial charge in [0, 0.05) is 11.5 Å². The molecule has 0 fully saturated rings. The number of carbonyl (C=O) groups excluding carboxylic acids is 1. The molecule has 0 aliphatic rings. The fourth-order valence-corrected chi connectivity index (χ4v) is 1.11. The van der Waals surface area contributed by atoms with E-state index in [0.717, 1.165) is 6.07 Å². The van der Waals surface area contributed by atoms with Crippen LogP contribution >= 0.6 is 0 Å². The first-order chi connectivity index (χ1) is 8.34. The number of hydrogen-bond acceptors (Lipinski definition) is 2. The SMILES string of the molecule is CCOC(=O)C#Cc1ccc(C(F)(F)F)c(F)c1. The molecule has 1 aromatic rings. The fraction of sp³-hybridized carbons (Fsp3) is 0.250. The molecule has 0 saturated carbocycles. The van der Waals surface area contributed by atoms with E-state index in [-0.39, 0.29) is 12.2 Å². The normalized spacial score (nSPS) is 10.5. The molecule has 0 heterocycles. The third-order valence-electron chi connectivity index (χ3n) is 1.86. The average Bonchev–Trinajstić information content (AvgIpc) is 2.25. The number of ether oxygens (including phenoxy) is 1. The maximum Gasteiger partial charge on any atom is 0.419 e. The van der Waals surface area contributed by atoms with Gasteiger partial charge in [0.2, 0.25) is 0 Å². The van der Waals surface area contributed by atoms with Gasteiger partial charge in [-0.25, -0.2) is 9.18 Å². The lowest BCUT2D eigenvalue weighted by Crippen LogP contribution is -2.08. The Hall–Kier alpha value is -2.03. The molecule has 1 aromatic carbocycles. The van der Waals surface area contributed by atoms with E-state index in [1.165, 1.54) is 0 Å². The van der Waals surface area contributed by atoms with Crippen LogP contribution in [0.3, 0.4) is 0 Å². The van der Waals surface area contributed by atoms with Crippen LogP contribution in [0.1, 0.15) is 18.1 Å². The number of esters is 1. The van der Waals surface area contributed by atoms with Crippen molar-refractivity contribution >= 4 is 5.97 Å². The molecule has 0 atom stereocenters. The highest BCUT2D eigenvalue weighted by Gasteiger charge is 2.33. The van der Waals surface area contributed by atoms with E-state index in [9.17, 15) is 22.4 Å². The molecule has 0 bridgehead atoms. The molecule has 0 unspecified atom stereocenters. The molecule has 2 nitrogen and oxygen atoms in total. The molecular weight excluding hydrogens is 252 g/mol. The summed E-state index contributed by atoms with van der Waals surface area (Å²) in [6.07, 6.45) is -4.75.